The first kappa shape index (κ1) is 8.98. The normalized spacial score (nSPS) is 39.7. The minimum Gasteiger partial charge on any atom is -0.300 e. The van der Waals surface area contributed by atoms with Crippen LogP contribution in [0.1, 0.15) is 46.0 Å². The van der Waals surface area contributed by atoms with E-state index in [4.69, 9.17) is 0 Å². The Kier molecular flexibility index (Phi) is 2.05. The van der Waals surface area contributed by atoms with Crippen LogP contribution in [0.3, 0.4) is 0 Å². The van der Waals surface area contributed by atoms with Gasteiger partial charge in [-0.05, 0) is 37.5 Å². The zero-order chi connectivity index (χ0) is 9.47. The van der Waals surface area contributed by atoms with E-state index in [0.717, 1.165) is 19.3 Å². The van der Waals surface area contributed by atoms with E-state index >= 15 is 0 Å². The van der Waals surface area contributed by atoms with Gasteiger partial charge >= 0.3 is 0 Å². The smallest absolute Gasteiger partial charge is 0.133 e. The largest absolute Gasteiger partial charge is 0.300 e. The van der Waals surface area contributed by atoms with Crippen LogP contribution in [-0.2, 0) is 4.79 Å². The summed E-state index contributed by atoms with van der Waals surface area (Å²) in [6.07, 6.45) is 7.47. The summed E-state index contributed by atoms with van der Waals surface area (Å²) in [5.74, 6) is 1.17. The van der Waals surface area contributed by atoms with E-state index in [9.17, 15) is 4.79 Å². The fourth-order valence-electron chi connectivity index (χ4n) is 3.13. The molecule has 2 atom stereocenters. The molecule has 1 nitrogen and oxygen atoms in total. The van der Waals surface area contributed by atoms with Crippen LogP contribution < -0.4 is 0 Å². The van der Waals surface area contributed by atoms with Gasteiger partial charge in [0.2, 0.25) is 0 Å². The molecule has 1 saturated carbocycles. The standard InChI is InChI=1S/C12H18O/c1-9-4-3-7-12(2)8-10(13)5-6-11(9)12/h4,11H,3,5-8H2,1-2H3. The molecule has 2 aliphatic carbocycles. The number of rotatable bonds is 0. The summed E-state index contributed by atoms with van der Waals surface area (Å²) in [6.45, 7) is 4.53. The fourth-order valence-corrected chi connectivity index (χ4v) is 3.13. The Bertz CT molecular complexity index is 264. The van der Waals surface area contributed by atoms with Gasteiger partial charge in [0.05, 0.1) is 0 Å². The molecule has 2 unspecified atom stereocenters. The molecule has 0 aromatic rings. The van der Waals surface area contributed by atoms with Crippen LogP contribution in [0.15, 0.2) is 11.6 Å². The lowest BCUT2D eigenvalue weighted by Gasteiger charge is -2.44. The average Bonchev–Trinajstić information content (AvgIpc) is 2.02. The van der Waals surface area contributed by atoms with Crippen molar-refractivity contribution < 1.29 is 4.79 Å². The fraction of sp³-hybridized carbons (Fsp3) is 0.750. The lowest BCUT2D eigenvalue weighted by atomic mass is 9.60. The molecule has 0 amide bonds. The topological polar surface area (TPSA) is 17.1 Å². The highest BCUT2D eigenvalue weighted by Crippen LogP contribution is 2.49. The van der Waals surface area contributed by atoms with Gasteiger partial charge in [0.25, 0.3) is 0 Å². The molecule has 2 aliphatic rings. The number of hydrogen-bond donors (Lipinski definition) is 0. The Balaban J connectivity index is 2.26. The minimum atomic E-state index is 0.300. The van der Waals surface area contributed by atoms with E-state index < -0.39 is 0 Å². The summed E-state index contributed by atoms with van der Waals surface area (Å²) in [5.41, 5.74) is 1.83. The van der Waals surface area contributed by atoms with E-state index in [0.29, 0.717) is 17.1 Å². The van der Waals surface area contributed by atoms with Gasteiger partial charge < -0.3 is 0 Å². The van der Waals surface area contributed by atoms with Gasteiger partial charge in [0.15, 0.2) is 0 Å². The van der Waals surface area contributed by atoms with Crippen molar-refractivity contribution in [3.63, 3.8) is 0 Å². The molecule has 72 valence electrons. The van der Waals surface area contributed by atoms with Crippen molar-refractivity contribution in [3.05, 3.63) is 11.6 Å². The Morgan fingerprint density at radius 3 is 3.08 bits per heavy atom. The predicted molar refractivity (Wildman–Crippen MR) is 53.4 cm³/mol. The zero-order valence-corrected chi connectivity index (χ0v) is 8.60. The maximum Gasteiger partial charge on any atom is 0.133 e. The first-order chi connectivity index (χ1) is 6.12. The van der Waals surface area contributed by atoms with Gasteiger partial charge in [-0.2, -0.15) is 0 Å². The van der Waals surface area contributed by atoms with E-state index in [1.807, 2.05) is 0 Å². The van der Waals surface area contributed by atoms with Crippen molar-refractivity contribution in [1.29, 1.82) is 0 Å². The lowest BCUT2D eigenvalue weighted by Crippen LogP contribution is -2.37. The third kappa shape index (κ3) is 1.45. The monoisotopic (exact) mass is 178 g/mol. The molecule has 0 radical (unpaired) electrons. The summed E-state index contributed by atoms with van der Waals surface area (Å²) < 4.78 is 0. The van der Waals surface area contributed by atoms with Crippen LogP contribution in [0.2, 0.25) is 0 Å². The minimum absolute atomic E-state index is 0.300. The second-order valence-corrected chi connectivity index (χ2v) is 4.95. The van der Waals surface area contributed by atoms with Gasteiger partial charge in [-0.15, -0.1) is 0 Å². The molecule has 1 fully saturated rings. The molecule has 0 bridgehead atoms. The molecule has 13 heavy (non-hydrogen) atoms. The molecule has 0 aliphatic heterocycles. The summed E-state index contributed by atoms with van der Waals surface area (Å²) in [7, 11) is 0. The van der Waals surface area contributed by atoms with Crippen LogP contribution in [0.4, 0.5) is 0 Å². The molecular weight excluding hydrogens is 160 g/mol. The zero-order valence-electron chi connectivity index (χ0n) is 8.60. The predicted octanol–water partition coefficient (Wildman–Crippen LogP) is 3.10. The second kappa shape index (κ2) is 2.97. The Morgan fingerprint density at radius 2 is 2.31 bits per heavy atom. The van der Waals surface area contributed by atoms with Crippen LogP contribution in [0.5, 0.6) is 0 Å². The van der Waals surface area contributed by atoms with Crippen molar-refractivity contribution >= 4 is 5.78 Å². The maximum absolute atomic E-state index is 11.4. The molecule has 0 aromatic heterocycles. The Hall–Kier alpha value is -0.590. The maximum atomic E-state index is 11.4. The van der Waals surface area contributed by atoms with Crippen molar-refractivity contribution in [2.24, 2.45) is 11.3 Å². The molecule has 0 N–H and O–H groups in total. The number of carbonyl (C=O) groups is 1. The highest BCUT2D eigenvalue weighted by molar-refractivity contribution is 5.80. The number of carbonyl (C=O) groups excluding carboxylic acids is 1. The average molecular weight is 178 g/mol. The Labute approximate surface area is 80.2 Å². The van der Waals surface area contributed by atoms with Crippen molar-refractivity contribution in [3.8, 4) is 0 Å². The molecule has 0 heterocycles. The number of ketones is 1. The Morgan fingerprint density at radius 1 is 1.54 bits per heavy atom. The third-order valence-corrected chi connectivity index (χ3v) is 3.89. The van der Waals surface area contributed by atoms with Crippen molar-refractivity contribution in [2.75, 3.05) is 0 Å². The van der Waals surface area contributed by atoms with Crippen LogP contribution >= 0.6 is 0 Å². The molecule has 1 heteroatoms. The molecule has 0 aromatic carbocycles. The molecule has 0 spiro atoms. The van der Waals surface area contributed by atoms with E-state index in [-0.39, 0.29) is 0 Å². The highest BCUT2D eigenvalue weighted by atomic mass is 16.1. The van der Waals surface area contributed by atoms with E-state index in [1.165, 1.54) is 18.4 Å². The van der Waals surface area contributed by atoms with E-state index in [2.05, 4.69) is 19.9 Å². The van der Waals surface area contributed by atoms with Gasteiger partial charge in [0.1, 0.15) is 5.78 Å². The lowest BCUT2D eigenvalue weighted by molar-refractivity contribution is -0.125. The molecule has 2 rings (SSSR count). The SMILES string of the molecule is CC1=CCCC2(C)CC(=O)CCC12. The number of Topliss-reactive ketones (excluding diaryl/α,β-unsaturated/α-hetero) is 1. The van der Waals surface area contributed by atoms with Crippen LogP contribution in [0.25, 0.3) is 0 Å². The van der Waals surface area contributed by atoms with Gasteiger partial charge in [-0.1, -0.05) is 18.6 Å². The van der Waals surface area contributed by atoms with Gasteiger partial charge in [-0.3, -0.25) is 4.79 Å². The van der Waals surface area contributed by atoms with Crippen LogP contribution in [-0.4, -0.2) is 5.78 Å². The number of fused-ring (bicyclic) bond motifs is 1. The summed E-state index contributed by atoms with van der Waals surface area (Å²) >= 11 is 0. The first-order valence-corrected chi connectivity index (χ1v) is 5.30. The summed E-state index contributed by atoms with van der Waals surface area (Å²) in [4.78, 5) is 11.4. The number of hydrogen-bond acceptors (Lipinski definition) is 1. The van der Waals surface area contributed by atoms with Crippen molar-refractivity contribution in [1.82, 2.24) is 0 Å². The highest BCUT2D eigenvalue weighted by Gasteiger charge is 2.41. The third-order valence-electron chi connectivity index (χ3n) is 3.89. The summed E-state index contributed by atoms with van der Waals surface area (Å²) in [5, 5.41) is 0. The van der Waals surface area contributed by atoms with Crippen molar-refractivity contribution in [2.45, 2.75) is 46.0 Å². The van der Waals surface area contributed by atoms with Crippen LogP contribution in [0, 0.1) is 11.3 Å². The molecular formula is C12H18O. The van der Waals surface area contributed by atoms with E-state index in [1.54, 1.807) is 0 Å². The quantitative estimate of drug-likeness (QED) is 0.521. The molecule has 0 saturated heterocycles. The van der Waals surface area contributed by atoms with Gasteiger partial charge in [-0.25, -0.2) is 0 Å². The first-order valence-electron chi connectivity index (χ1n) is 5.30. The summed E-state index contributed by atoms with van der Waals surface area (Å²) in [6, 6.07) is 0. The van der Waals surface area contributed by atoms with Gasteiger partial charge in [0, 0.05) is 12.8 Å². The second-order valence-electron chi connectivity index (χ2n) is 4.95. The number of allylic oxidation sites excluding steroid dienone is 2.